The lowest BCUT2D eigenvalue weighted by molar-refractivity contribution is -0.385. The molecular weight excluding hydrogens is 300 g/mol. The van der Waals surface area contributed by atoms with Gasteiger partial charge >= 0.3 is 5.69 Å². The van der Waals surface area contributed by atoms with Gasteiger partial charge in [0.25, 0.3) is 0 Å². The van der Waals surface area contributed by atoms with Gasteiger partial charge in [-0.15, -0.1) is 0 Å². The van der Waals surface area contributed by atoms with E-state index in [0.717, 1.165) is 10.0 Å². The van der Waals surface area contributed by atoms with Crippen LogP contribution in [0.3, 0.4) is 0 Å². The quantitative estimate of drug-likeness (QED) is 0.638. The van der Waals surface area contributed by atoms with Gasteiger partial charge in [0.05, 0.1) is 11.1 Å². The molecule has 0 spiro atoms. The first-order valence-corrected chi connectivity index (χ1v) is 5.89. The number of nitrogens with zero attached hydrogens (tertiary/aromatic N) is 2. The zero-order valence-electron chi connectivity index (χ0n) is 9.46. The summed E-state index contributed by atoms with van der Waals surface area (Å²) in [6.45, 7) is 1.79. The standard InChI is InChI=1S/C12H9BrN2O3/c1-8-2-3-12(11(4-8)15(16)17)18-10-5-9(13)6-14-7-10/h2-7H,1H3. The minimum atomic E-state index is -0.465. The SMILES string of the molecule is Cc1ccc(Oc2cncc(Br)c2)c([N+](=O)[O-])c1. The molecule has 6 heteroatoms. The van der Waals surface area contributed by atoms with Crippen molar-refractivity contribution in [3.63, 3.8) is 0 Å². The van der Waals surface area contributed by atoms with E-state index >= 15 is 0 Å². The Morgan fingerprint density at radius 2 is 2.11 bits per heavy atom. The van der Waals surface area contributed by atoms with E-state index in [1.165, 1.54) is 12.3 Å². The minimum absolute atomic E-state index is 0.0602. The molecule has 92 valence electrons. The summed E-state index contributed by atoms with van der Waals surface area (Å²) >= 11 is 3.26. The van der Waals surface area contributed by atoms with Crippen LogP contribution in [0.1, 0.15) is 5.56 Å². The molecule has 0 unspecified atom stereocenters. The number of aromatic nitrogens is 1. The lowest BCUT2D eigenvalue weighted by Gasteiger charge is -2.06. The van der Waals surface area contributed by atoms with Gasteiger partial charge in [-0.25, -0.2) is 0 Å². The summed E-state index contributed by atoms with van der Waals surface area (Å²) in [6, 6.07) is 6.50. The fourth-order valence-electron chi connectivity index (χ4n) is 1.43. The maximum absolute atomic E-state index is 10.9. The van der Waals surface area contributed by atoms with Crippen molar-refractivity contribution < 1.29 is 9.66 Å². The smallest absolute Gasteiger partial charge is 0.311 e. The predicted octanol–water partition coefficient (Wildman–Crippen LogP) is 3.85. The summed E-state index contributed by atoms with van der Waals surface area (Å²) < 4.78 is 6.22. The lowest BCUT2D eigenvalue weighted by Crippen LogP contribution is -1.94. The van der Waals surface area contributed by atoms with Crippen LogP contribution in [0.2, 0.25) is 0 Å². The Morgan fingerprint density at radius 3 is 2.78 bits per heavy atom. The van der Waals surface area contributed by atoms with Crippen LogP contribution in [-0.2, 0) is 0 Å². The van der Waals surface area contributed by atoms with Crippen molar-refractivity contribution >= 4 is 21.6 Å². The third-order valence-electron chi connectivity index (χ3n) is 2.22. The summed E-state index contributed by atoms with van der Waals surface area (Å²) in [6.07, 6.45) is 3.10. The minimum Gasteiger partial charge on any atom is -0.448 e. The number of benzene rings is 1. The van der Waals surface area contributed by atoms with Gasteiger partial charge in [-0.3, -0.25) is 15.1 Å². The zero-order chi connectivity index (χ0) is 13.1. The number of nitro benzene ring substituents is 1. The van der Waals surface area contributed by atoms with Gasteiger partial charge < -0.3 is 4.74 Å². The molecule has 0 radical (unpaired) electrons. The second kappa shape index (κ2) is 5.14. The highest BCUT2D eigenvalue weighted by Gasteiger charge is 2.15. The summed E-state index contributed by atoms with van der Waals surface area (Å²) in [5, 5.41) is 10.9. The fraction of sp³-hybridized carbons (Fsp3) is 0.0833. The molecule has 1 aromatic carbocycles. The van der Waals surface area contributed by atoms with Crippen molar-refractivity contribution in [2.24, 2.45) is 0 Å². The van der Waals surface area contributed by atoms with Crippen molar-refractivity contribution in [2.45, 2.75) is 6.92 Å². The molecule has 1 heterocycles. The van der Waals surface area contributed by atoms with E-state index in [4.69, 9.17) is 4.74 Å². The molecule has 1 aromatic heterocycles. The topological polar surface area (TPSA) is 65.3 Å². The van der Waals surface area contributed by atoms with Crippen LogP contribution in [0.5, 0.6) is 11.5 Å². The molecule has 0 bridgehead atoms. The third kappa shape index (κ3) is 2.84. The van der Waals surface area contributed by atoms with Crippen molar-refractivity contribution in [3.05, 3.63) is 56.8 Å². The first-order valence-electron chi connectivity index (χ1n) is 5.10. The Kier molecular flexibility index (Phi) is 3.57. The second-order valence-electron chi connectivity index (χ2n) is 3.67. The maximum atomic E-state index is 10.9. The van der Waals surface area contributed by atoms with Crippen LogP contribution < -0.4 is 4.74 Å². The molecular formula is C12H9BrN2O3. The van der Waals surface area contributed by atoms with E-state index in [9.17, 15) is 10.1 Å². The third-order valence-corrected chi connectivity index (χ3v) is 2.65. The fourth-order valence-corrected chi connectivity index (χ4v) is 1.78. The highest BCUT2D eigenvalue weighted by Crippen LogP contribution is 2.32. The molecule has 0 fully saturated rings. The van der Waals surface area contributed by atoms with Gasteiger partial charge in [0.2, 0.25) is 5.75 Å². The van der Waals surface area contributed by atoms with E-state index in [1.807, 2.05) is 0 Å². The zero-order valence-corrected chi connectivity index (χ0v) is 11.0. The van der Waals surface area contributed by atoms with Crippen LogP contribution in [0.25, 0.3) is 0 Å². The van der Waals surface area contributed by atoms with Crippen LogP contribution in [0, 0.1) is 17.0 Å². The highest BCUT2D eigenvalue weighted by molar-refractivity contribution is 9.10. The van der Waals surface area contributed by atoms with Gasteiger partial charge in [-0.2, -0.15) is 0 Å². The van der Waals surface area contributed by atoms with Gasteiger partial charge in [0, 0.05) is 16.7 Å². The van der Waals surface area contributed by atoms with Crippen LogP contribution in [0.15, 0.2) is 41.1 Å². The molecule has 0 atom stereocenters. The van der Waals surface area contributed by atoms with Crippen LogP contribution >= 0.6 is 15.9 Å². The first kappa shape index (κ1) is 12.5. The molecule has 0 N–H and O–H groups in total. The highest BCUT2D eigenvalue weighted by atomic mass is 79.9. The van der Waals surface area contributed by atoms with Crippen molar-refractivity contribution in [3.8, 4) is 11.5 Å². The summed E-state index contributed by atoms with van der Waals surface area (Å²) in [4.78, 5) is 14.4. The van der Waals surface area contributed by atoms with E-state index in [0.29, 0.717) is 5.75 Å². The number of hydrogen-bond donors (Lipinski definition) is 0. The molecule has 2 aromatic rings. The van der Waals surface area contributed by atoms with Crippen LogP contribution in [-0.4, -0.2) is 9.91 Å². The number of nitro groups is 1. The summed E-state index contributed by atoms with van der Waals surface area (Å²) in [5.74, 6) is 0.641. The normalized spacial score (nSPS) is 10.1. The monoisotopic (exact) mass is 308 g/mol. The van der Waals surface area contributed by atoms with Gasteiger partial charge in [0.15, 0.2) is 0 Å². The Balaban J connectivity index is 2.37. The van der Waals surface area contributed by atoms with Crippen molar-refractivity contribution in [1.82, 2.24) is 4.98 Å². The number of rotatable bonds is 3. The Morgan fingerprint density at radius 1 is 1.33 bits per heavy atom. The van der Waals surface area contributed by atoms with E-state index in [1.54, 1.807) is 31.3 Å². The molecule has 18 heavy (non-hydrogen) atoms. The Labute approximate surface area is 112 Å². The number of aryl methyl sites for hydroxylation is 1. The molecule has 0 aliphatic rings. The molecule has 5 nitrogen and oxygen atoms in total. The van der Waals surface area contributed by atoms with Crippen LogP contribution in [0.4, 0.5) is 5.69 Å². The number of ether oxygens (including phenoxy) is 1. The maximum Gasteiger partial charge on any atom is 0.311 e. The molecule has 2 rings (SSSR count). The Bertz CT molecular complexity index is 602. The average molecular weight is 309 g/mol. The largest absolute Gasteiger partial charge is 0.448 e. The molecule has 0 aliphatic heterocycles. The average Bonchev–Trinajstić information content (AvgIpc) is 2.31. The summed E-state index contributed by atoms with van der Waals surface area (Å²) in [7, 11) is 0. The molecule has 0 saturated heterocycles. The van der Waals surface area contributed by atoms with Crippen molar-refractivity contribution in [2.75, 3.05) is 0 Å². The van der Waals surface area contributed by atoms with E-state index < -0.39 is 4.92 Å². The molecule has 0 amide bonds. The summed E-state index contributed by atoms with van der Waals surface area (Å²) in [5.41, 5.74) is 0.747. The van der Waals surface area contributed by atoms with Crippen molar-refractivity contribution in [1.29, 1.82) is 0 Å². The number of pyridine rings is 1. The molecule has 0 aliphatic carbocycles. The first-order chi connectivity index (χ1) is 8.56. The molecule has 0 saturated carbocycles. The van der Waals surface area contributed by atoms with Gasteiger partial charge in [-0.05, 0) is 40.5 Å². The Hall–Kier alpha value is -1.95. The van der Waals surface area contributed by atoms with Gasteiger partial charge in [0.1, 0.15) is 5.75 Å². The van der Waals surface area contributed by atoms with E-state index in [-0.39, 0.29) is 11.4 Å². The predicted molar refractivity (Wildman–Crippen MR) is 69.8 cm³/mol. The lowest BCUT2D eigenvalue weighted by atomic mass is 10.2. The number of halogens is 1. The number of hydrogen-bond acceptors (Lipinski definition) is 4. The van der Waals surface area contributed by atoms with E-state index in [2.05, 4.69) is 20.9 Å². The second-order valence-corrected chi connectivity index (χ2v) is 4.58. The van der Waals surface area contributed by atoms with Gasteiger partial charge in [-0.1, -0.05) is 6.07 Å².